The maximum atomic E-state index is 13.7. The molecule has 2 aromatic carbocycles. The van der Waals surface area contributed by atoms with Crippen LogP contribution >= 0.6 is 11.6 Å². The van der Waals surface area contributed by atoms with E-state index in [9.17, 15) is 36.3 Å². The Morgan fingerprint density at radius 2 is 1.69 bits per heavy atom. The fourth-order valence-corrected chi connectivity index (χ4v) is 8.06. The van der Waals surface area contributed by atoms with Crippen LogP contribution in [0.2, 0.25) is 5.02 Å². The van der Waals surface area contributed by atoms with Gasteiger partial charge in [-0.05, 0) is 62.6 Å². The molecule has 0 spiro atoms. The summed E-state index contributed by atoms with van der Waals surface area (Å²) in [6.45, 7) is 1.36. The Hall–Kier alpha value is -2.67. The van der Waals surface area contributed by atoms with Gasteiger partial charge in [0, 0.05) is 29.4 Å². The third kappa shape index (κ3) is 5.79. The third-order valence-corrected chi connectivity index (χ3v) is 10.3. The van der Waals surface area contributed by atoms with Crippen LogP contribution in [0.3, 0.4) is 0 Å². The molecule has 2 saturated carbocycles. The maximum absolute atomic E-state index is 13.7. The molecule has 0 saturated heterocycles. The van der Waals surface area contributed by atoms with Gasteiger partial charge >= 0.3 is 0 Å². The number of nitrogens with one attached hydrogen (secondary N) is 2. The summed E-state index contributed by atoms with van der Waals surface area (Å²) >= 11 is 6.22. The van der Waals surface area contributed by atoms with Crippen LogP contribution in [0.4, 0.5) is 18.9 Å². The maximum Gasteiger partial charge on any atom is 0.255 e. The van der Waals surface area contributed by atoms with E-state index < -0.39 is 67.8 Å². The summed E-state index contributed by atoms with van der Waals surface area (Å²) in [5, 5.41) is 24.3. The van der Waals surface area contributed by atoms with Crippen molar-refractivity contribution in [3.63, 3.8) is 0 Å². The lowest BCUT2D eigenvalue weighted by Crippen LogP contribution is -2.51. The number of aliphatic hydroxyl groups is 2. The molecule has 0 radical (unpaired) electrons. The standard InChI is InChI=1S/C26H28ClF3N2O6S/c1-13(12-33)31-23(34)11-26(36)15-3-4-16(26)8-18(7-15)39(37,38)22-6-14(2-5-19(22)27)25(35)32-17-9-20(28)24(30)21(29)10-17/h2,5-6,9-10,13,15-16,18,33,36H,3-4,7-8,11-12H2,1H3,(H,31,34)(H,32,35)/t13?,15-,16?,18-,26-/m0/s1. The first-order valence-corrected chi connectivity index (χ1v) is 14.3. The van der Waals surface area contributed by atoms with Crippen molar-refractivity contribution in [2.45, 2.75) is 60.8 Å². The first-order chi connectivity index (χ1) is 18.3. The zero-order chi connectivity index (χ0) is 28.7. The molecule has 2 aliphatic carbocycles. The molecule has 2 unspecified atom stereocenters. The van der Waals surface area contributed by atoms with Crippen LogP contribution in [0.15, 0.2) is 35.2 Å². The van der Waals surface area contributed by atoms with Crippen molar-refractivity contribution in [1.82, 2.24) is 5.32 Å². The molecule has 2 aliphatic rings. The smallest absolute Gasteiger partial charge is 0.255 e. The lowest BCUT2D eigenvalue weighted by Gasteiger charge is -2.42. The van der Waals surface area contributed by atoms with E-state index in [2.05, 4.69) is 10.6 Å². The minimum atomic E-state index is -4.09. The van der Waals surface area contributed by atoms with Crippen molar-refractivity contribution in [2.75, 3.05) is 11.9 Å². The Balaban J connectivity index is 1.53. The van der Waals surface area contributed by atoms with Crippen LogP contribution in [-0.4, -0.2) is 53.9 Å². The van der Waals surface area contributed by atoms with Gasteiger partial charge in [0.15, 0.2) is 27.3 Å². The first-order valence-electron chi connectivity index (χ1n) is 12.4. The molecule has 4 rings (SSSR count). The highest BCUT2D eigenvalue weighted by Crippen LogP contribution is 2.53. The van der Waals surface area contributed by atoms with E-state index in [1.54, 1.807) is 6.92 Å². The quantitative estimate of drug-likeness (QED) is 0.349. The number of sulfone groups is 1. The van der Waals surface area contributed by atoms with Crippen molar-refractivity contribution >= 4 is 38.9 Å². The average Bonchev–Trinajstić information content (AvgIpc) is 3.02. The number of amides is 2. The molecule has 4 N–H and O–H groups in total. The Kier molecular flexibility index (Phi) is 8.32. The molecular formula is C26H28ClF3N2O6S. The van der Waals surface area contributed by atoms with E-state index in [0.29, 0.717) is 25.0 Å². The number of hydrogen-bond donors (Lipinski definition) is 4. The number of carbonyl (C=O) groups excluding carboxylic acids is 2. The van der Waals surface area contributed by atoms with Gasteiger partial charge in [0.25, 0.3) is 5.91 Å². The summed E-state index contributed by atoms with van der Waals surface area (Å²) < 4.78 is 67.6. The summed E-state index contributed by atoms with van der Waals surface area (Å²) in [6, 6.07) is 4.22. The van der Waals surface area contributed by atoms with Crippen molar-refractivity contribution in [3.05, 3.63) is 58.4 Å². The highest BCUT2D eigenvalue weighted by atomic mass is 35.5. The number of benzene rings is 2. The predicted molar refractivity (Wildman–Crippen MR) is 136 cm³/mol. The van der Waals surface area contributed by atoms with Gasteiger partial charge < -0.3 is 20.8 Å². The highest BCUT2D eigenvalue weighted by molar-refractivity contribution is 7.92. The topological polar surface area (TPSA) is 133 Å². The zero-order valence-electron chi connectivity index (χ0n) is 20.9. The number of aliphatic hydroxyl groups excluding tert-OH is 1. The van der Waals surface area contributed by atoms with Gasteiger partial charge in [-0.3, -0.25) is 9.59 Å². The molecule has 39 heavy (non-hydrogen) atoms. The van der Waals surface area contributed by atoms with Gasteiger partial charge in [-0.1, -0.05) is 11.6 Å². The molecule has 2 amide bonds. The molecule has 2 aromatic rings. The third-order valence-electron chi connectivity index (χ3n) is 7.68. The summed E-state index contributed by atoms with van der Waals surface area (Å²) in [6.07, 6.45) is 1.03. The Bertz CT molecular complexity index is 1370. The Morgan fingerprint density at radius 1 is 1.10 bits per heavy atom. The minimum absolute atomic E-state index is 0.0824. The second kappa shape index (κ2) is 11.1. The normalized spacial score (nSPS) is 25.3. The molecule has 2 bridgehead atoms. The molecule has 0 aliphatic heterocycles. The highest BCUT2D eigenvalue weighted by Gasteiger charge is 2.56. The minimum Gasteiger partial charge on any atom is -0.394 e. The number of anilines is 1. The number of fused-ring (bicyclic) bond motifs is 2. The van der Waals surface area contributed by atoms with Gasteiger partial charge in [0.1, 0.15) is 0 Å². The summed E-state index contributed by atoms with van der Waals surface area (Å²) in [5.41, 5.74) is -1.90. The van der Waals surface area contributed by atoms with E-state index in [1.165, 1.54) is 12.1 Å². The lowest BCUT2D eigenvalue weighted by molar-refractivity contribution is -0.133. The number of hydrogen-bond acceptors (Lipinski definition) is 6. The fourth-order valence-electron chi connectivity index (χ4n) is 5.65. The SMILES string of the molecule is CC(CO)NC(=O)C[C@@]1(O)C2CC[C@H]1C[C@H](S(=O)(=O)c1cc(C(=O)Nc3cc(F)c(F)c(F)c3)ccc1Cl)C2. The number of carbonyl (C=O) groups is 2. The van der Waals surface area contributed by atoms with Gasteiger partial charge in [0.05, 0.1) is 33.8 Å². The number of halogens is 4. The molecule has 0 aromatic heterocycles. The second-order valence-corrected chi connectivity index (χ2v) is 12.9. The monoisotopic (exact) mass is 588 g/mol. The van der Waals surface area contributed by atoms with E-state index >= 15 is 0 Å². The van der Waals surface area contributed by atoms with Gasteiger partial charge in [-0.2, -0.15) is 0 Å². The molecule has 212 valence electrons. The summed E-state index contributed by atoms with van der Waals surface area (Å²) in [4.78, 5) is 24.8. The van der Waals surface area contributed by atoms with E-state index in [0.717, 1.165) is 6.07 Å². The van der Waals surface area contributed by atoms with E-state index in [-0.39, 0.29) is 47.0 Å². The van der Waals surface area contributed by atoms with Gasteiger partial charge in [-0.25, -0.2) is 21.6 Å². The average molecular weight is 589 g/mol. The zero-order valence-corrected chi connectivity index (χ0v) is 22.5. The van der Waals surface area contributed by atoms with Crippen LogP contribution in [-0.2, 0) is 14.6 Å². The van der Waals surface area contributed by atoms with E-state index in [1.807, 2.05) is 0 Å². The molecule has 2 fully saturated rings. The van der Waals surface area contributed by atoms with Crippen LogP contribution in [0.1, 0.15) is 49.4 Å². The van der Waals surface area contributed by atoms with Crippen LogP contribution in [0.25, 0.3) is 0 Å². The van der Waals surface area contributed by atoms with Crippen LogP contribution in [0, 0.1) is 29.3 Å². The van der Waals surface area contributed by atoms with Crippen LogP contribution in [0.5, 0.6) is 0 Å². The van der Waals surface area contributed by atoms with Gasteiger partial charge in [0.2, 0.25) is 5.91 Å². The Labute approximate surface area is 228 Å². The predicted octanol–water partition coefficient (Wildman–Crippen LogP) is 3.59. The van der Waals surface area contributed by atoms with Crippen molar-refractivity contribution in [3.8, 4) is 0 Å². The van der Waals surface area contributed by atoms with Crippen molar-refractivity contribution in [2.24, 2.45) is 11.8 Å². The Morgan fingerprint density at radius 3 is 2.26 bits per heavy atom. The molecule has 13 heteroatoms. The van der Waals surface area contributed by atoms with E-state index in [4.69, 9.17) is 16.7 Å². The second-order valence-electron chi connectivity index (χ2n) is 10.3. The molecular weight excluding hydrogens is 561 g/mol. The lowest BCUT2D eigenvalue weighted by atomic mass is 9.72. The summed E-state index contributed by atoms with van der Waals surface area (Å²) in [5.74, 6) is -6.94. The van der Waals surface area contributed by atoms with Crippen molar-refractivity contribution in [1.29, 1.82) is 0 Å². The first kappa shape index (κ1) is 29.3. The van der Waals surface area contributed by atoms with Gasteiger partial charge in [-0.15, -0.1) is 0 Å². The molecule has 8 nitrogen and oxygen atoms in total. The largest absolute Gasteiger partial charge is 0.394 e. The molecule has 0 heterocycles. The molecule has 5 atom stereocenters. The van der Waals surface area contributed by atoms with Crippen LogP contribution < -0.4 is 10.6 Å². The fraction of sp³-hybridized carbons (Fsp3) is 0.462. The summed E-state index contributed by atoms with van der Waals surface area (Å²) in [7, 11) is -4.09. The van der Waals surface area contributed by atoms with Crippen molar-refractivity contribution < 1.29 is 41.4 Å². The number of rotatable bonds is 8.